The molecule has 10 heteroatoms. The van der Waals surface area contributed by atoms with Gasteiger partial charge in [0.05, 0.1) is 11.4 Å². The van der Waals surface area contributed by atoms with Gasteiger partial charge in [0.1, 0.15) is 10.9 Å². The predicted molar refractivity (Wildman–Crippen MR) is 165 cm³/mol. The minimum Gasteiger partial charge on any atom is -0.382 e. The third-order valence-corrected chi connectivity index (χ3v) is 9.55. The summed E-state index contributed by atoms with van der Waals surface area (Å²) in [5.74, 6) is -1.24. The number of ether oxygens (including phenoxy) is 1. The van der Waals surface area contributed by atoms with Crippen molar-refractivity contribution in [1.82, 2.24) is 19.5 Å². The van der Waals surface area contributed by atoms with E-state index < -0.39 is 27.9 Å². The summed E-state index contributed by atoms with van der Waals surface area (Å²) in [5, 5.41) is 3.56. The molecule has 0 spiro atoms. The van der Waals surface area contributed by atoms with Crippen molar-refractivity contribution in [3.8, 4) is 0 Å². The molecular formula is C33H36N4O5S. The Morgan fingerprint density at radius 2 is 1.60 bits per heavy atom. The number of amides is 2. The number of pyridine rings is 1. The maximum Gasteiger partial charge on any atom is 0.246 e. The average Bonchev–Trinajstić information content (AvgIpc) is 3.05. The summed E-state index contributed by atoms with van der Waals surface area (Å²) in [7, 11) is -4.15. The number of hydrogen-bond donors (Lipinski definition) is 1. The van der Waals surface area contributed by atoms with Gasteiger partial charge in [-0.15, -0.1) is 0 Å². The first-order chi connectivity index (χ1) is 20.9. The molecule has 0 saturated carbocycles. The molecule has 1 fully saturated rings. The number of nitrogens with one attached hydrogen (secondary N) is 1. The highest BCUT2D eigenvalue weighted by molar-refractivity contribution is 7.89. The molecule has 1 aromatic heterocycles. The lowest BCUT2D eigenvalue weighted by Gasteiger charge is -2.41. The van der Waals surface area contributed by atoms with Crippen LogP contribution in [0.3, 0.4) is 0 Å². The molecular weight excluding hydrogens is 564 g/mol. The first-order valence-electron chi connectivity index (χ1n) is 14.5. The second kappa shape index (κ2) is 13.9. The topological polar surface area (TPSA) is 109 Å². The van der Waals surface area contributed by atoms with Crippen molar-refractivity contribution in [2.75, 3.05) is 39.4 Å². The van der Waals surface area contributed by atoms with Crippen molar-refractivity contribution in [2.24, 2.45) is 0 Å². The van der Waals surface area contributed by atoms with Gasteiger partial charge in [-0.05, 0) is 36.6 Å². The molecule has 1 aliphatic heterocycles. The highest BCUT2D eigenvalue weighted by atomic mass is 32.2. The van der Waals surface area contributed by atoms with E-state index >= 15 is 0 Å². The van der Waals surface area contributed by atoms with Crippen LogP contribution in [0, 0.1) is 0 Å². The van der Waals surface area contributed by atoms with E-state index in [0.29, 0.717) is 37.1 Å². The van der Waals surface area contributed by atoms with Crippen LogP contribution < -0.4 is 5.32 Å². The Bertz CT molecular complexity index is 1610. The van der Waals surface area contributed by atoms with Crippen LogP contribution in [-0.2, 0) is 24.3 Å². The Morgan fingerprint density at radius 3 is 2.28 bits per heavy atom. The second-order valence-electron chi connectivity index (χ2n) is 10.3. The number of aromatic nitrogens is 1. The van der Waals surface area contributed by atoms with E-state index in [9.17, 15) is 18.0 Å². The van der Waals surface area contributed by atoms with Gasteiger partial charge in [-0.25, -0.2) is 8.42 Å². The lowest BCUT2D eigenvalue weighted by atomic mass is 9.89. The minimum absolute atomic E-state index is 0.0333. The van der Waals surface area contributed by atoms with E-state index in [2.05, 4.69) is 10.3 Å². The molecule has 1 N–H and O–H groups in total. The van der Waals surface area contributed by atoms with Gasteiger partial charge in [0.15, 0.2) is 0 Å². The highest BCUT2D eigenvalue weighted by Crippen LogP contribution is 2.31. The number of hydrogen-bond acceptors (Lipinski definition) is 6. The van der Waals surface area contributed by atoms with Gasteiger partial charge in [0.25, 0.3) is 0 Å². The molecule has 2 heterocycles. The van der Waals surface area contributed by atoms with Crippen molar-refractivity contribution in [2.45, 2.75) is 30.2 Å². The van der Waals surface area contributed by atoms with Crippen molar-refractivity contribution in [3.63, 3.8) is 0 Å². The number of para-hydroxylation sites is 1. The molecule has 1 aliphatic rings. The molecule has 5 rings (SSSR count). The van der Waals surface area contributed by atoms with Crippen molar-refractivity contribution >= 4 is 32.7 Å². The number of rotatable bonds is 11. The molecule has 1 saturated heterocycles. The molecule has 1 unspecified atom stereocenters. The van der Waals surface area contributed by atoms with Crippen molar-refractivity contribution < 1.29 is 22.7 Å². The van der Waals surface area contributed by atoms with Gasteiger partial charge in [-0.2, -0.15) is 4.31 Å². The summed E-state index contributed by atoms with van der Waals surface area (Å²) >= 11 is 0. The van der Waals surface area contributed by atoms with Crippen LogP contribution in [0.4, 0.5) is 0 Å². The third-order valence-electron chi connectivity index (χ3n) is 7.61. The summed E-state index contributed by atoms with van der Waals surface area (Å²) < 4.78 is 34.9. The van der Waals surface area contributed by atoms with Gasteiger partial charge in [0, 0.05) is 51.0 Å². The monoisotopic (exact) mass is 600 g/mol. The first-order valence-corrected chi connectivity index (χ1v) is 16.0. The first kappa shape index (κ1) is 30.3. The largest absolute Gasteiger partial charge is 0.382 e. The summed E-state index contributed by atoms with van der Waals surface area (Å²) in [6.07, 6.45) is 2.13. The zero-order chi connectivity index (χ0) is 30.2. The molecule has 3 aromatic carbocycles. The Morgan fingerprint density at radius 1 is 0.930 bits per heavy atom. The van der Waals surface area contributed by atoms with Gasteiger partial charge >= 0.3 is 0 Å². The van der Waals surface area contributed by atoms with Crippen molar-refractivity contribution in [3.05, 3.63) is 108 Å². The Kier molecular flexibility index (Phi) is 9.81. The van der Waals surface area contributed by atoms with Crippen LogP contribution in [0.25, 0.3) is 10.9 Å². The van der Waals surface area contributed by atoms with Gasteiger partial charge in [-0.1, -0.05) is 78.9 Å². The summed E-state index contributed by atoms with van der Waals surface area (Å²) in [5.41, 5.74) is 1.99. The van der Waals surface area contributed by atoms with Gasteiger partial charge in [-0.3, -0.25) is 14.6 Å². The highest BCUT2D eigenvalue weighted by Gasteiger charge is 2.43. The molecule has 0 bridgehead atoms. The third kappa shape index (κ3) is 6.77. The zero-order valence-electron chi connectivity index (χ0n) is 24.1. The fourth-order valence-corrected chi connectivity index (χ4v) is 7.22. The maximum atomic E-state index is 14.2. The molecule has 2 amide bonds. The zero-order valence-corrected chi connectivity index (χ0v) is 24.9. The summed E-state index contributed by atoms with van der Waals surface area (Å²) in [6, 6.07) is 26.4. The molecule has 4 aromatic rings. The lowest BCUT2D eigenvalue weighted by Crippen LogP contribution is -2.62. The van der Waals surface area contributed by atoms with Crippen LogP contribution in [0.2, 0.25) is 0 Å². The minimum atomic E-state index is -4.15. The normalized spacial score (nSPS) is 16.0. The van der Waals surface area contributed by atoms with E-state index in [0.717, 1.165) is 11.1 Å². The molecule has 1 atom stereocenters. The van der Waals surface area contributed by atoms with Crippen LogP contribution in [0.5, 0.6) is 0 Å². The smallest absolute Gasteiger partial charge is 0.246 e. The predicted octanol–water partition coefficient (Wildman–Crippen LogP) is 3.81. The average molecular weight is 601 g/mol. The molecule has 9 nitrogen and oxygen atoms in total. The molecule has 224 valence electrons. The number of carbonyl (C=O) groups excluding carboxylic acids is 2. The van der Waals surface area contributed by atoms with Crippen LogP contribution in [0.1, 0.15) is 30.4 Å². The SMILES string of the molecule is CCOCCCNC(=O)C1CN(C(=O)C(c2ccccc2)c2ccccc2)CCN1S(=O)(=O)c1cccc2cccnc12. The number of nitrogens with zero attached hydrogens (tertiary/aromatic N) is 3. The fraction of sp³-hybridized carbons (Fsp3) is 0.303. The lowest BCUT2D eigenvalue weighted by molar-refractivity contribution is -0.136. The Labute approximate surface area is 252 Å². The van der Waals surface area contributed by atoms with E-state index in [-0.39, 0.29) is 30.4 Å². The van der Waals surface area contributed by atoms with Crippen molar-refractivity contribution in [1.29, 1.82) is 0 Å². The van der Waals surface area contributed by atoms with E-state index in [1.54, 1.807) is 35.4 Å². The standard InChI is InChI=1S/C33H36N4O5S/c1-2-42-23-11-20-35-32(38)28-24-36(33(39)30(25-12-5-3-6-13-25)26-14-7-4-8-15-26)21-22-37(28)43(40,41)29-18-9-16-27-17-10-19-34-31(27)29/h3-10,12-19,28,30H,2,11,20-24H2,1H3,(H,35,38). The summed E-state index contributed by atoms with van der Waals surface area (Å²) in [4.78, 5) is 33.8. The van der Waals surface area contributed by atoms with Crippen LogP contribution in [0.15, 0.2) is 102 Å². The number of piperazine rings is 1. The van der Waals surface area contributed by atoms with Gasteiger partial charge < -0.3 is 15.0 Å². The summed E-state index contributed by atoms with van der Waals surface area (Å²) in [6.45, 7) is 3.29. The maximum absolute atomic E-state index is 14.2. The molecule has 0 radical (unpaired) electrons. The van der Waals surface area contributed by atoms with Crippen LogP contribution >= 0.6 is 0 Å². The van der Waals surface area contributed by atoms with E-state index in [1.165, 1.54) is 10.4 Å². The van der Waals surface area contributed by atoms with Gasteiger partial charge in [0.2, 0.25) is 21.8 Å². The fourth-order valence-electron chi connectivity index (χ4n) is 5.48. The number of fused-ring (bicyclic) bond motifs is 1. The quantitative estimate of drug-likeness (QED) is 0.262. The second-order valence-corrected chi connectivity index (χ2v) is 12.2. The number of sulfonamides is 1. The van der Waals surface area contributed by atoms with E-state index in [4.69, 9.17) is 4.74 Å². The number of benzene rings is 3. The molecule has 43 heavy (non-hydrogen) atoms. The number of carbonyl (C=O) groups is 2. The van der Waals surface area contributed by atoms with Crippen LogP contribution in [-0.4, -0.2) is 79.9 Å². The van der Waals surface area contributed by atoms with E-state index in [1.807, 2.05) is 67.6 Å². The Hall–Kier alpha value is -4.12. The molecule has 0 aliphatic carbocycles. The Balaban J connectivity index is 1.46.